The Balaban J connectivity index is 0.000000258. The fourth-order valence-electron chi connectivity index (χ4n) is 2.44. The summed E-state index contributed by atoms with van der Waals surface area (Å²) in [7, 11) is 3.55. The Hall–Kier alpha value is -2.27. The molecular weight excluding hydrogens is 489 g/mol. The fourth-order valence-corrected chi connectivity index (χ4v) is 3.66. The lowest BCUT2D eigenvalue weighted by atomic mass is 10.2. The van der Waals surface area contributed by atoms with Gasteiger partial charge in [-0.15, -0.1) is 0 Å². The van der Waals surface area contributed by atoms with Gasteiger partial charge in [-0.25, -0.2) is 19.9 Å². The molecule has 0 saturated heterocycles. The van der Waals surface area contributed by atoms with Crippen LogP contribution in [0.15, 0.2) is 40.9 Å². The van der Waals surface area contributed by atoms with Gasteiger partial charge in [0.25, 0.3) is 0 Å². The predicted octanol–water partition coefficient (Wildman–Crippen LogP) is 5.21. The van der Waals surface area contributed by atoms with Gasteiger partial charge in [-0.05, 0) is 24.6 Å². The van der Waals surface area contributed by atoms with E-state index in [2.05, 4.69) is 35.9 Å². The van der Waals surface area contributed by atoms with Crippen LogP contribution in [-0.2, 0) is 6.54 Å². The quantitative estimate of drug-likeness (QED) is 0.212. The first-order valence-corrected chi connectivity index (χ1v) is 12.5. The SMILES string of the molecule is CNc1nc(SC)ncc1C=O.CNc1nc(SC)ncc1CNc1c(Cl)cccc1Cl. The first kappa shape index (κ1) is 26.0. The van der Waals surface area contributed by atoms with Gasteiger partial charge < -0.3 is 16.0 Å². The first-order valence-electron chi connectivity index (χ1n) is 9.26. The van der Waals surface area contributed by atoms with Crippen molar-refractivity contribution in [2.75, 3.05) is 42.6 Å². The van der Waals surface area contributed by atoms with E-state index in [0.29, 0.717) is 38.8 Å². The normalized spacial score (nSPS) is 10.1. The Labute approximate surface area is 205 Å². The number of carbonyl (C=O) groups is 1. The minimum absolute atomic E-state index is 0.482. The summed E-state index contributed by atoms with van der Waals surface area (Å²) in [5.41, 5.74) is 2.14. The van der Waals surface area contributed by atoms with Gasteiger partial charge in [0.1, 0.15) is 11.6 Å². The van der Waals surface area contributed by atoms with Crippen LogP contribution in [0.3, 0.4) is 0 Å². The summed E-state index contributed by atoms with van der Waals surface area (Å²) in [4.78, 5) is 27.2. The highest BCUT2D eigenvalue weighted by Crippen LogP contribution is 2.30. The Kier molecular flexibility index (Phi) is 10.8. The molecule has 3 aromatic rings. The molecule has 0 fully saturated rings. The van der Waals surface area contributed by atoms with Crippen molar-refractivity contribution < 1.29 is 4.79 Å². The molecule has 8 nitrogen and oxygen atoms in total. The number of nitrogens with zero attached hydrogens (tertiary/aromatic N) is 4. The molecule has 0 spiro atoms. The highest BCUT2D eigenvalue weighted by molar-refractivity contribution is 7.98. The van der Waals surface area contributed by atoms with Crippen molar-refractivity contribution in [1.82, 2.24) is 19.9 Å². The third-order valence-corrected chi connectivity index (χ3v) is 5.78. The van der Waals surface area contributed by atoms with Crippen molar-refractivity contribution in [1.29, 1.82) is 0 Å². The zero-order valence-corrected chi connectivity index (χ0v) is 21.1. The monoisotopic (exact) mass is 511 g/mol. The minimum Gasteiger partial charge on any atom is -0.378 e. The van der Waals surface area contributed by atoms with Crippen molar-refractivity contribution in [3.8, 4) is 0 Å². The lowest BCUT2D eigenvalue weighted by Gasteiger charge is -2.12. The molecule has 3 rings (SSSR count). The standard InChI is InChI=1S/C13H14Cl2N4S.C7H9N3OS/c1-16-12-8(7-18-13(19-12)20-2)6-17-11-9(14)4-3-5-10(11)15;1-8-6-5(4-11)3-9-7(10-6)12-2/h3-5,7,17H,6H2,1-2H3,(H,16,18,19);3-4H,1-2H3,(H,8,9,10). The third kappa shape index (κ3) is 7.13. The van der Waals surface area contributed by atoms with Crippen LogP contribution >= 0.6 is 46.7 Å². The smallest absolute Gasteiger partial charge is 0.189 e. The van der Waals surface area contributed by atoms with E-state index in [1.54, 1.807) is 25.4 Å². The molecule has 0 aliphatic rings. The van der Waals surface area contributed by atoms with Gasteiger partial charge in [0, 0.05) is 38.6 Å². The largest absolute Gasteiger partial charge is 0.378 e. The molecule has 1 aromatic carbocycles. The maximum absolute atomic E-state index is 10.5. The van der Waals surface area contributed by atoms with Crippen LogP contribution in [0.5, 0.6) is 0 Å². The number of hydrogen-bond donors (Lipinski definition) is 3. The van der Waals surface area contributed by atoms with Gasteiger partial charge in [0.15, 0.2) is 16.6 Å². The van der Waals surface area contributed by atoms with Crippen LogP contribution in [-0.4, -0.2) is 52.8 Å². The van der Waals surface area contributed by atoms with E-state index in [1.807, 2.05) is 25.6 Å². The molecule has 0 bridgehead atoms. The summed E-state index contributed by atoms with van der Waals surface area (Å²) in [6.45, 7) is 0.536. The molecule has 2 aromatic heterocycles. The van der Waals surface area contributed by atoms with E-state index in [-0.39, 0.29) is 0 Å². The number of para-hydroxylation sites is 1. The van der Waals surface area contributed by atoms with Crippen LogP contribution in [0.1, 0.15) is 15.9 Å². The summed E-state index contributed by atoms with van der Waals surface area (Å²) in [6.07, 6.45) is 7.86. The highest BCUT2D eigenvalue weighted by atomic mass is 35.5. The van der Waals surface area contributed by atoms with Crippen molar-refractivity contribution >= 4 is 70.3 Å². The minimum atomic E-state index is 0.482. The van der Waals surface area contributed by atoms with Crippen LogP contribution < -0.4 is 16.0 Å². The summed E-state index contributed by atoms with van der Waals surface area (Å²) in [5.74, 6) is 1.37. The van der Waals surface area contributed by atoms with E-state index in [1.165, 1.54) is 29.7 Å². The van der Waals surface area contributed by atoms with Crippen molar-refractivity contribution in [2.45, 2.75) is 16.9 Å². The molecule has 0 radical (unpaired) electrons. The molecule has 3 N–H and O–H groups in total. The number of nitrogens with one attached hydrogen (secondary N) is 3. The van der Waals surface area contributed by atoms with Crippen LogP contribution in [0.4, 0.5) is 17.3 Å². The van der Waals surface area contributed by atoms with Crippen LogP contribution in [0.25, 0.3) is 0 Å². The van der Waals surface area contributed by atoms with Gasteiger partial charge >= 0.3 is 0 Å². The predicted molar refractivity (Wildman–Crippen MR) is 136 cm³/mol. The van der Waals surface area contributed by atoms with Gasteiger partial charge in [0.2, 0.25) is 0 Å². The average Bonchev–Trinajstić information content (AvgIpc) is 2.83. The van der Waals surface area contributed by atoms with Crippen LogP contribution in [0.2, 0.25) is 10.0 Å². The summed E-state index contributed by atoms with van der Waals surface area (Å²) in [6, 6.07) is 5.40. The number of aldehydes is 1. The number of aromatic nitrogens is 4. The molecule has 0 aliphatic carbocycles. The second kappa shape index (κ2) is 13.3. The van der Waals surface area contributed by atoms with Gasteiger partial charge in [0.05, 0.1) is 21.3 Å². The number of carbonyl (C=O) groups excluding carboxylic acids is 1. The number of rotatable bonds is 8. The van der Waals surface area contributed by atoms with Crippen molar-refractivity contribution in [3.63, 3.8) is 0 Å². The van der Waals surface area contributed by atoms with E-state index >= 15 is 0 Å². The first-order chi connectivity index (χ1) is 15.5. The Bertz CT molecular complexity index is 1040. The molecule has 0 amide bonds. The van der Waals surface area contributed by atoms with E-state index < -0.39 is 0 Å². The maximum atomic E-state index is 10.5. The maximum Gasteiger partial charge on any atom is 0.189 e. The lowest BCUT2D eigenvalue weighted by molar-refractivity contribution is 0.112. The molecule has 0 unspecified atom stereocenters. The van der Waals surface area contributed by atoms with E-state index in [0.717, 1.165) is 22.8 Å². The lowest BCUT2D eigenvalue weighted by Crippen LogP contribution is -2.07. The number of benzene rings is 1. The molecule has 2 heterocycles. The summed E-state index contributed by atoms with van der Waals surface area (Å²) in [5, 5.41) is 11.7. The molecule has 0 atom stereocenters. The Morgan fingerprint density at radius 2 is 1.50 bits per heavy atom. The second-order valence-corrected chi connectivity index (χ2v) is 8.32. The van der Waals surface area contributed by atoms with Gasteiger partial charge in [-0.2, -0.15) is 0 Å². The topological polar surface area (TPSA) is 105 Å². The zero-order valence-electron chi connectivity index (χ0n) is 17.9. The molecular formula is C20H23Cl2N7OS2. The van der Waals surface area contributed by atoms with Crippen molar-refractivity contribution in [3.05, 3.63) is 51.8 Å². The van der Waals surface area contributed by atoms with Crippen molar-refractivity contribution in [2.24, 2.45) is 0 Å². The number of anilines is 3. The number of thioether (sulfide) groups is 2. The molecule has 0 aliphatic heterocycles. The van der Waals surface area contributed by atoms with E-state index in [9.17, 15) is 4.79 Å². The molecule has 170 valence electrons. The van der Waals surface area contributed by atoms with Crippen LogP contribution in [0, 0.1) is 0 Å². The van der Waals surface area contributed by atoms with E-state index in [4.69, 9.17) is 23.2 Å². The fraction of sp³-hybridized carbons (Fsp3) is 0.250. The molecule has 12 heteroatoms. The van der Waals surface area contributed by atoms with Gasteiger partial charge in [-0.3, -0.25) is 4.79 Å². The van der Waals surface area contributed by atoms with Gasteiger partial charge in [-0.1, -0.05) is 52.8 Å². The summed E-state index contributed by atoms with van der Waals surface area (Å²) >= 11 is 15.2. The second-order valence-electron chi connectivity index (χ2n) is 5.96. The Morgan fingerprint density at radius 1 is 0.938 bits per heavy atom. The average molecular weight is 512 g/mol. The molecule has 32 heavy (non-hydrogen) atoms. The zero-order chi connectivity index (χ0) is 23.5. The molecule has 0 saturated carbocycles. The number of halogens is 2. The Morgan fingerprint density at radius 3 is 2.03 bits per heavy atom. The highest BCUT2D eigenvalue weighted by Gasteiger charge is 2.09. The third-order valence-electron chi connectivity index (χ3n) is 4.02. The summed E-state index contributed by atoms with van der Waals surface area (Å²) < 4.78 is 0. The number of hydrogen-bond acceptors (Lipinski definition) is 10.